The highest BCUT2D eigenvalue weighted by Gasteiger charge is 2.40. The molecular formula is C20H30O3. The fourth-order valence-corrected chi connectivity index (χ4v) is 3.77. The van der Waals surface area contributed by atoms with Crippen LogP contribution in [0.15, 0.2) is 35.5 Å². The molecule has 1 heterocycles. The van der Waals surface area contributed by atoms with Crippen LogP contribution >= 0.6 is 0 Å². The van der Waals surface area contributed by atoms with E-state index in [1.54, 1.807) is 0 Å². The van der Waals surface area contributed by atoms with E-state index in [0.29, 0.717) is 18.4 Å². The van der Waals surface area contributed by atoms with Crippen molar-refractivity contribution in [2.75, 3.05) is 13.2 Å². The van der Waals surface area contributed by atoms with Gasteiger partial charge in [0.2, 0.25) is 0 Å². The first-order valence-electron chi connectivity index (χ1n) is 8.79. The van der Waals surface area contributed by atoms with Gasteiger partial charge in [0, 0.05) is 5.92 Å². The fourth-order valence-electron chi connectivity index (χ4n) is 3.77. The number of hydrogen-bond donors (Lipinski definition) is 1. The van der Waals surface area contributed by atoms with Crippen molar-refractivity contribution >= 4 is 5.97 Å². The Hall–Kier alpha value is -1.35. The Kier molecular flexibility index (Phi) is 6.64. The third-order valence-electron chi connectivity index (χ3n) is 5.32. The summed E-state index contributed by atoms with van der Waals surface area (Å²) in [5.74, 6) is 0.557. The number of aliphatic hydroxyl groups excluding tert-OH is 1. The number of aliphatic hydroxyl groups is 1. The number of carbonyl (C=O) groups is 1. The molecule has 2 aliphatic rings. The first-order chi connectivity index (χ1) is 11.0. The number of carbonyl (C=O) groups excluding carboxylic acids is 1. The molecule has 0 aromatic heterocycles. The van der Waals surface area contributed by atoms with Gasteiger partial charge >= 0.3 is 5.97 Å². The minimum absolute atomic E-state index is 0.0425. The van der Waals surface area contributed by atoms with Crippen molar-refractivity contribution in [1.82, 2.24) is 0 Å². The minimum Gasteiger partial charge on any atom is -0.465 e. The van der Waals surface area contributed by atoms with E-state index < -0.39 is 0 Å². The predicted molar refractivity (Wildman–Crippen MR) is 92.9 cm³/mol. The maximum atomic E-state index is 12.3. The second kappa shape index (κ2) is 8.49. The quantitative estimate of drug-likeness (QED) is 0.624. The van der Waals surface area contributed by atoms with Crippen LogP contribution in [0.25, 0.3) is 0 Å². The summed E-state index contributed by atoms with van der Waals surface area (Å²) in [6.45, 7) is 8.97. The molecule has 3 atom stereocenters. The van der Waals surface area contributed by atoms with E-state index in [2.05, 4.69) is 19.6 Å². The van der Waals surface area contributed by atoms with Gasteiger partial charge in [0.25, 0.3) is 0 Å². The molecule has 0 bridgehead atoms. The number of rotatable bonds is 4. The standard InChI is InChI=1S/C20H30O3/c1-14-6-4-8-16(3)19-13-23-20(22)18(17(19)11-10-14)9-5-7-15(2)12-21/h6-7,17-19,21H,3-5,8-13H2,1-2H3/b14-6-,15-7+/t17-,18+,19+/m1/s1. The molecule has 0 aromatic rings. The van der Waals surface area contributed by atoms with Gasteiger partial charge in [-0.25, -0.2) is 0 Å². The lowest BCUT2D eigenvalue weighted by molar-refractivity contribution is -0.160. The van der Waals surface area contributed by atoms with Crippen LogP contribution in [0.3, 0.4) is 0 Å². The fraction of sp³-hybridized carbons (Fsp3) is 0.650. The molecule has 3 nitrogen and oxygen atoms in total. The van der Waals surface area contributed by atoms with Crippen molar-refractivity contribution < 1.29 is 14.6 Å². The second-order valence-electron chi connectivity index (χ2n) is 7.08. The number of esters is 1. The maximum Gasteiger partial charge on any atom is 0.309 e. The van der Waals surface area contributed by atoms with Crippen molar-refractivity contribution in [3.63, 3.8) is 0 Å². The van der Waals surface area contributed by atoms with Crippen LogP contribution in [0, 0.1) is 17.8 Å². The second-order valence-corrected chi connectivity index (χ2v) is 7.08. The van der Waals surface area contributed by atoms with Gasteiger partial charge in [-0.05, 0) is 58.3 Å². The molecular weight excluding hydrogens is 288 g/mol. The summed E-state index contributed by atoms with van der Waals surface area (Å²) < 4.78 is 5.49. The molecule has 1 aliphatic carbocycles. The predicted octanol–water partition coefficient (Wildman–Crippen LogP) is 4.19. The van der Waals surface area contributed by atoms with Crippen LogP contribution in [-0.4, -0.2) is 24.3 Å². The van der Waals surface area contributed by atoms with E-state index in [-0.39, 0.29) is 18.5 Å². The Labute approximate surface area is 140 Å². The molecule has 0 aromatic carbocycles. The molecule has 0 amide bonds. The number of ether oxygens (including phenoxy) is 1. The van der Waals surface area contributed by atoms with Gasteiger partial charge in [-0.1, -0.05) is 35.5 Å². The van der Waals surface area contributed by atoms with Gasteiger partial charge in [-0.3, -0.25) is 4.79 Å². The summed E-state index contributed by atoms with van der Waals surface area (Å²) in [5.41, 5.74) is 3.62. The first kappa shape index (κ1) is 18.0. The van der Waals surface area contributed by atoms with E-state index in [9.17, 15) is 4.79 Å². The molecule has 23 heavy (non-hydrogen) atoms. The van der Waals surface area contributed by atoms with Gasteiger partial charge in [-0.2, -0.15) is 0 Å². The van der Waals surface area contributed by atoms with E-state index in [4.69, 9.17) is 9.84 Å². The highest BCUT2D eigenvalue weighted by molar-refractivity contribution is 5.73. The van der Waals surface area contributed by atoms with Crippen molar-refractivity contribution in [3.05, 3.63) is 35.5 Å². The van der Waals surface area contributed by atoms with Gasteiger partial charge in [0.1, 0.15) is 0 Å². The third-order valence-corrected chi connectivity index (χ3v) is 5.32. The normalized spacial score (nSPS) is 32.0. The van der Waals surface area contributed by atoms with Crippen LogP contribution in [0.2, 0.25) is 0 Å². The summed E-state index contributed by atoms with van der Waals surface area (Å²) in [7, 11) is 0. The monoisotopic (exact) mass is 318 g/mol. The summed E-state index contributed by atoms with van der Waals surface area (Å²) in [6, 6.07) is 0. The van der Waals surface area contributed by atoms with E-state index in [1.165, 1.54) is 11.1 Å². The number of fused-ring (bicyclic) bond motifs is 1. The lowest BCUT2D eigenvalue weighted by Gasteiger charge is -2.38. The van der Waals surface area contributed by atoms with Gasteiger partial charge in [-0.15, -0.1) is 0 Å². The minimum atomic E-state index is -0.0463. The molecule has 128 valence electrons. The molecule has 1 N–H and O–H groups in total. The number of cyclic esters (lactones) is 1. The molecule has 1 aliphatic heterocycles. The molecule has 1 saturated heterocycles. The van der Waals surface area contributed by atoms with Gasteiger partial charge in [0.05, 0.1) is 19.1 Å². The molecule has 0 spiro atoms. The van der Waals surface area contributed by atoms with Gasteiger partial charge < -0.3 is 9.84 Å². The zero-order valence-corrected chi connectivity index (χ0v) is 14.5. The molecule has 0 saturated carbocycles. The van der Waals surface area contributed by atoms with Crippen molar-refractivity contribution in [1.29, 1.82) is 0 Å². The lowest BCUT2D eigenvalue weighted by atomic mass is 9.72. The Bertz CT molecular complexity index is 501. The van der Waals surface area contributed by atoms with E-state index in [0.717, 1.165) is 44.1 Å². The van der Waals surface area contributed by atoms with E-state index in [1.807, 2.05) is 13.0 Å². The largest absolute Gasteiger partial charge is 0.465 e. The van der Waals surface area contributed by atoms with Crippen LogP contribution in [0.4, 0.5) is 0 Å². The Morgan fingerprint density at radius 1 is 1.48 bits per heavy atom. The van der Waals surface area contributed by atoms with Crippen molar-refractivity contribution in [3.8, 4) is 0 Å². The third kappa shape index (κ3) is 4.81. The maximum absolute atomic E-state index is 12.3. The van der Waals surface area contributed by atoms with Crippen LogP contribution in [0.1, 0.15) is 52.4 Å². The van der Waals surface area contributed by atoms with Crippen molar-refractivity contribution in [2.45, 2.75) is 52.4 Å². The smallest absolute Gasteiger partial charge is 0.309 e. The SMILES string of the molecule is C=C1CC/C=C(/C)CC[C@@H]2[C@H](CC/C=C(\C)CO)C(=O)OC[C@@H]12. The van der Waals surface area contributed by atoms with Crippen LogP contribution in [0.5, 0.6) is 0 Å². The Balaban J connectivity index is 2.12. The summed E-state index contributed by atoms with van der Waals surface area (Å²) in [6.07, 6.45) is 10.1. The first-order valence-corrected chi connectivity index (χ1v) is 8.79. The zero-order chi connectivity index (χ0) is 16.8. The van der Waals surface area contributed by atoms with Crippen LogP contribution in [-0.2, 0) is 9.53 Å². The number of hydrogen-bond acceptors (Lipinski definition) is 3. The van der Waals surface area contributed by atoms with Crippen LogP contribution < -0.4 is 0 Å². The highest BCUT2D eigenvalue weighted by Crippen LogP contribution is 2.40. The number of allylic oxidation sites excluding steroid dienone is 3. The molecule has 2 rings (SSSR count). The Morgan fingerprint density at radius 2 is 2.26 bits per heavy atom. The average molecular weight is 318 g/mol. The van der Waals surface area contributed by atoms with Gasteiger partial charge in [0.15, 0.2) is 0 Å². The van der Waals surface area contributed by atoms with Crippen molar-refractivity contribution in [2.24, 2.45) is 17.8 Å². The molecule has 3 heteroatoms. The lowest BCUT2D eigenvalue weighted by Crippen LogP contribution is -2.40. The topological polar surface area (TPSA) is 46.5 Å². The molecule has 0 radical (unpaired) electrons. The molecule has 1 fully saturated rings. The average Bonchev–Trinajstić information content (AvgIpc) is 2.60. The Morgan fingerprint density at radius 3 is 3.00 bits per heavy atom. The summed E-state index contributed by atoms with van der Waals surface area (Å²) in [5, 5.41) is 9.10. The highest BCUT2D eigenvalue weighted by atomic mass is 16.5. The molecule has 0 unspecified atom stereocenters. The zero-order valence-electron chi connectivity index (χ0n) is 14.5. The summed E-state index contributed by atoms with van der Waals surface area (Å²) in [4.78, 5) is 12.3. The summed E-state index contributed by atoms with van der Waals surface area (Å²) >= 11 is 0. The van der Waals surface area contributed by atoms with E-state index >= 15 is 0 Å².